The predicted octanol–water partition coefficient (Wildman–Crippen LogP) is 2.50. The lowest BCUT2D eigenvalue weighted by molar-refractivity contribution is 0.102. The number of rotatable bonds is 5. The van der Waals surface area contributed by atoms with Crippen LogP contribution in [0.2, 0.25) is 0 Å². The van der Waals surface area contributed by atoms with Crippen molar-refractivity contribution in [1.29, 1.82) is 0 Å². The van der Waals surface area contributed by atoms with Crippen LogP contribution in [0, 0.1) is 0 Å². The highest BCUT2D eigenvalue weighted by Gasteiger charge is 2.07. The van der Waals surface area contributed by atoms with Gasteiger partial charge in [0.05, 0.1) is 12.6 Å². The summed E-state index contributed by atoms with van der Waals surface area (Å²) in [5, 5.41) is 2.77. The quantitative estimate of drug-likeness (QED) is 0.734. The van der Waals surface area contributed by atoms with Crippen molar-refractivity contribution in [3.8, 4) is 5.69 Å². The van der Waals surface area contributed by atoms with Crippen LogP contribution >= 0.6 is 0 Å². The summed E-state index contributed by atoms with van der Waals surface area (Å²) in [7, 11) is -3.32. The summed E-state index contributed by atoms with van der Waals surface area (Å²) in [6, 6.07) is 13.5. The Morgan fingerprint density at radius 2 is 1.64 bits per heavy atom. The normalized spacial score (nSPS) is 11.1. The van der Waals surface area contributed by atoms with E-state index in [9.17, 15) is 13.2 Å². The molecule has 7 nitrogen and oxygen atoms in total. The van der Waals surface area contributed by atoms with E-state index in [1.165, 1.54) is 0 Å². The summed E-state index contributed by atoms with van der Waals surface area (Å²) in [4.78, 5) is 16.3. The monoisotopic (exact) mass is 356 g/mol. The second-order valence-electron chi connectivity index (χ2n) is 5.42. The van der Waals surface area contributed by atoms with Gasteiger partial charge in [0.25, 0.3) is 5.91 Å². The molecule has 2 aromatic carbocycles. The molecule has 0 atom stereocenters. The number of aromatic nitrogens is 2. The first-order valence-corrected chi connectivity index (χ1v) is 9.27. The van der Waals surface area contributed by atoms with Gasteiger partial charge in [-0.1, -0.05) is 0 Å². The molecular formula is C17H16N4O3S. The summed E-state index contributed by atoms with van der Waals surface area (Å²) in [5.41, 5.74) is 2.43. The molecule has 8 heteroatoms. The molecular weight excluding hydrogens is 340 g/mol. The summed E-state index contributed by atoms with van der Waals surface area (Å²) < 4.78 is 26.6. The van der Waals surface area contributed by atoms with E-state index in [0.29, 0.717) is 16.9 Å². The molecule has 0 saturated heterocycles. The number of carbonyl (C=O) groups is 1. The molecule has 25 heavy (non-hydrogen) atoms. The summed E-state index contributed by atoms with van der Waals surface area (Å²) in [5.74, 6) is -0.249. The van der Waals surface area contributed by atoms with Gasteiger partial charge >= 0.3 is 0 Å². The molecule has 1 aromatic heterocycles. The third kappa shape index (κ3) is 4.45. The van der Waals surface area contributed by atoms with Crippen LogP contribution in [-0.2, 0) is 10.0 Å². The smallest absolute Gasteiger partial charge is 0.255 e. The molecule has 0 aliphatic rings. The number of amides is 1. The van der Waals surface area contributed by atoms with Crippen LogP contribution in [0.15, 0.2) is 67.3 Å². The van der Waals surface area contributed by atoms with Crippen molar-refractivity contribution >= 4 is 27.3 Å². The maximum Gasteiger partial charge on any atom is 0.255 e. The third-order valence-electron chi connectivity index (χ3n) is 3.38. The Bertz CT molecular complexity index is 964. The third-order valence-corrected chi connectivity index (χ3v) is 3.98. The van der Waals surface area contributed by atoms with Gasteiger partial charge in [0.1, 0.15) is 0 Å². The summed E-state index contributed by atoms with van der Waals surface area (Å²) >= 11 is 0. The van der Waals surface area contributed by atoms with Crippen molar-refractivity contribution < 1.29 is 13.2 Å². The van der Waals surface area contributed by atoms with E-state index in [4.69, 9.17) is 0 Å². The van der Waals surface area contributed by atoms with Crippen LogP contribution in [-0.4, -0.2) is 30.1 Å². The van der Waals surface area contributed by atoms with Gasteiger partial charge in [0, 0.05) is 35.0 Å². The molecule has 3 aromatic rings. The van der Waals surface area contributed by atoms with E-state index < -0.39 is 10.0 Å². The van der Waals surface area contributed by atoms with E-state index in [1.54, 1.807) is 48.9 Å². The average molecular weight is 356 g/mol. The van der Waals surface area contributed by atoms with Gasteiger partial charge in [-0.2, -0.15) is 0 Å². The van der Waals surface area contributed by atoms with Crippen LogP contribution < -0.4 is 10.0 Å². The van der Waals surface area contributed by atoms with Gasteiger partial charge in [-0.15, -0.1) is 0 Å². The van der Waals surface area contributed by atoms with E-state index in [0.717, 1.165) is 11.9 Å². The Morgan fingerprint density at radius 3 is 2.20 bits per heavy atom. The Morgan fingerprint density at radius 1 is 1.00 bits per heavy atom. The number of carbonyl (C=O) groups excluding carboxylic acids is 1. The lowest BCUT2D eigenvalue weighted by Gasteiger charge is -2.08. The van der Waals surface area contributed by atoms with E-state index in [-0.39, 0.29) is 5.91 Å². The number of benzene rings is 2. The van der Waals surface area contributed by atoms with Crippen molar-refractivity contribution in [1.82, 2.24) is 9.55 Å². The molecule has 2 N–H and O–H groups in total. The van der Waals surface area contributed by atoms with E-state index in [1.807, 2.05) is 22.9 Å². The highest BCUT2D eigenvalue weighted by molar-refractivity contribution is 7.92. The van der Waals surface area contributed by atoms with Gasteiger partial charge < -0.3 is 9.88 Å². The van der Waals surface area contributed by atoms with Crippen LogP contribution in [0.1, 0.15) is 10.4 Å². The van der Waals surface area contributed by atoms with Gasteiger partial charge in [-0.3, -0.25) is 9.52 Å². The first-order chi connectivity index (χ1) is 11.9. The molecule has 3 rings (SSSR count). The van der Waals surface area contributed by atoms with Crippen molar-refractivity contribution in [2.24, 2.45) is 0 Å². The zero-order valence-corrected chi connectivity index (χ0v) is 14.2. The van der Waals surface area contributed by atoms with Crippen molar-refractivity contribution in [2.45, 2.75) is 0 Å². The Kier molecular flexibility index (Phi) is 4.53. The fourth-order valence-corrected chi connectivity index (χ4v) is 2.80. The highest BCUT2D eigenvalue weighted by Crippen LogP contribution is 2.16. The number of sulfonamides is 1. The minimum atomic E-state index is -3.32. The first-order valence-electron chi connectivity index (χ1n) is 7.38. The topological polar surface area (TPSA) is 93.1 Å². The highest BCUT2D eigenvalue weighted by atomic mass is 32.2. The summed E-state index contributed by atoms with van der Waals surface area (Å²) in [6.45, 7) is 0. The number of imidazole rings is 1. The standard InChI is InChI=1S/C17H16N4O3S/c1-25(23,24)20-15-6-4-14(5-7-15)19-17(22)13-2-8-16(9-3-13)21-11-10-18-12-21/h2-12,20H,1H3,(H,19,22). The average Bonchev–Trinajstić information content (AvgIpc) is 3.10. The number of hydrogen-bond acceptors (Lipinski definition) is 4. The molecule has 0 radical (unpaired) electrons. The SMILES string of the molecule is CS(=O)(=O)Nc1ccc(NC(=O)c2ccc(-n3ccnc3)cc2)cc1. The van der Waals surface area contributed by atoms with Gasteiger partial charge in [-0.05, 0) is 48.5 Å². The second-order valence-corrected chi connectivity index (χ2v) is 7.17. The maximum atomic E-state index is 12.3. The van der Waals surface area contributed by atoms with Crippen LogP contribution in [0.5, 0.6) is 0 Å². The van der Waals surface area contributed by atoms with Gasteiger partial charge in [0.2, 0.25) is 10.0 Å². The number of nitrogens with one attached hydrogen (secondary N) is 2. The van der Waals surface area contributed by atoms with Crippen molar-refractivity contribution in [2.75, 3.05) is 16.3 Å². The van der Waals surface area contributed by atoms with Crippen molar-refractivity contribution in [3.05, 3.63) is 72.8 Å². The van der Waals surface area contributed by atoms with Crippen molar-refractivity contribution in [3.63, 3.8) is 0 Å². The fraction of sp³-hybridized carbons (Fsp3) is 0.0588. The molecule has 128 valence electrons. The molecule has 0 fully saturated rings. The molecule has 1 amide bonds. The van der Waals surface area contributed by atoms with Gasteiger partial charge in [0.15, 0.2) is 0 Å². The molecule has 0 saturated carbocycles. The molecule has 0 aliphatic carbocycles. The number of hydrogen-bond donors (Lipinski definition) is 2. The molecule has 0 spiro atoms. The minimum Gasteiger partial charge on any atom is -0.322 e. The van der Waals surface area contributed by atoms with E-state index in [2.05, 4.69) is 15.0 Å². The maximum absolute atomic E-state index is 12.3. The number of nitrogens with zero attached hydrogens (tertiary/aromatic N) is 2. The molecule has 0 unspecified atom stereocenters. The van der Waals surface area contributed by atoms with Gasteiger partial charge in [-0.25, -0.2) is 13.4 Å². The second kappa shape index (κ2) is 6.78. The predicted molar refractivity (Wildman–Crippen MR) is 96.4 cm³/mol. The zero-order chi connectivity index (χ0) is 17.9. The van der Waals surface area contributed by atoms with Crippen LogP contribution in [0.3, 0.4) is 0 Å². The molecule has 0 bridgehead atoms. The lowest BCUT2D eigenvalue weighted by Crippen LogP contribution is -2.12. The Hall–Kier alpha value is -3.13. The molecule has 1 heterocycles. The zero-order valence-electron chi connectivity index (χ0n) is 13.4. The lowest BCUT2D eigenvalue weighted by atomic mass is 10.2. The fourth-order valence-electron chi connectivity index (χ4n) is 2.24. The Labute approximate surface area is 145 Å². The van der Waals surface area contributed by atoms with E-state index >= 15 is 0 Å². The number of anilines is 2. The minimum absolute atomic E-state index is 0.249. The Balaban J connectivity index is 1.67. The summed E-state index contributed by atoms with van der Waals surface area (Å²) in [6.07, 6.45) is 6.27. The first kappa shape index (κ1) is 16.7. The molecule has 0 aliphatic heterocycles. The van der Waals surface area contributed by atoms with Crippen LogP contribution in [0.25, 0.3) is 5.69 Å². The largest absolute Gasteiger partial charge is 0.322 e. The van der Waals surface area contributed by atoms with Crippen LogP contribution in [0.4, 0.5) is 11.4 Å².